The van der Waals surface area contributed by atoms with Crippen LogP contribution < -0.4 is 10.1 Å². The zero-order chi connectivity index (χ0) is 21.6. The van der Waals surface area contributed by atoms with Gasteiger partial charge in [0.2, 0.25) is 0 Å². The highest BCUT2D eigenvalue weighted by molar-refractivity contribution is 6.79. The molecule has 0 bridgehead atoms. The van der Waals surface area contributed by atoms with Crippen LogP contribution in [0.5, 0.6) is 5.75 Å². The lowest BCUT2D eigenvalue weighted by Gasteiger charge is -2.28. The molecule has 0 atom stereocenters. The fraction of sp³-hybridized carbons (Fsp3) is 0.360. The predicted molar refractivity (Wildman–Crippen MR) is 128 cm³/mol. The van der Waals surface area contributed by atoms with Crippen LogP contribution in [-0.4, -0.2) is 26.1 Å². The number of aromatic nitrogens is 1. The number of ether oxygens (including phenoxy) is 1. The van der Waals surface area contributed by atoms with Gasteiger partial charge in [-0.2, -0.15) is 0 Å². The van der Waals surface area contributed by atoms with Gasteiger partial charge in [0, 0.05) is 17.1 Å². The van der Waals surface area contributed by atoms with Crippen molar-refractivity contribution in [3.05, 3.63) is 65.9 Å². The Kier molecular flexibility index (Phi) is 7.27. The molecule has 0 fully saturated rings. The number of pyridine rings is 1. The van der Waals surface area contributed by atoms with Crippen molar-refractivity contribution in [3.63, 3.8) is 0 Å². The Balaban J connectivity index is 1.90. The van der Waals surface area contributed by atoms with Crippen molar-refractivity contribution in [2.24, 2.45) is 0 Å². The monoisotopic (exact) mass is 420 g/mol. The van der Waals surface area contributed by atoms with Crippen molar-refractivity contribution >= 4 is 30.6 Å². The molecule has 30 heavy (non-hydrogen) atoms. The summed E-state index contributed by atoms with van der Waals surface area (Å²) in [5, 5.41) is 4.09. The summed E-state index contributed by atoms with van der Waals surface area (Å²) < 4.78 is 5.41. The predicted octanol–water partition coefficient (Wildman–Crippen LogP) is 6.55. The number of methoxy groups -OCH3 is 1. The number of carbonyl (C=O) groups is 1. The largest absolute Gasteiger partial charge is 0.497 e. The van der Waals surface area contributed by atoms with Gasteiger partial charge in [-0.25, -0.2) is 0 Å². The Hall–Kier alpha value is -2.66. The molecule has 158 valence electrons. The van der Waals surface area contributed by atoms with Crippen LogP contribution in [0.4, 0.5) is 5.69 Å². The molecular weight excluding hydrogens is 388 g/mol. The Morgan fingerprint density at radius 3 is 2.47 bits per heavy atom. The van der Waals surface area contributed by atoms with Crippen molar-refractivity contribution in [3.8, 4) is 5.75 Å². The maximum Gasteiger partial charge on any atom is 0.256 e. The Bertz CT molecular complexity index is 1000. The average Bonchev–Trinajstić information content (AvgIpc) is 2.80. The first-order chi connectivity index (χ1) is 14.6. The van der Waals surface area contributed by atoms with Crippen LogP contribution in [0.1, 0.15) is 36.7 Å². The van der Waals surface area contributed by atoms with Gasteiger partial charge in [-0.3, -0.25) is 9.78 Å². The van der Waals surface area contributed by atoms with E-state index >= 15 is 0 Å². The third-order valence-electron chi connectivity index (χ3n) is 6.62. The van der Waals surface area contributed by atoms with E-state index in [2.05, 4.69) is 37.1 Å². The molecular formula is C25H32N2O2Si. The van der Waals surface area contributed by atoms with Crippen LogP contribution in [0.25, 0.3) is 10.9 Å². The van der Waals surface area contributed by atoms with Gasteiger partial charge in [0.25, 0.3) is 5.91 Å². The molecule has 0 saturated carbocycles. The van der Waals surface area contributed by atoms with Gasteiger partial charge in [-0.05, 0) is 36.2 Å². The number of nitrogens with one attached hydrogen (secondary N) is 1. The molecule has 1 N–H and O–H groups in total. The third-order valence-corrected chi connectivity index (χ3v) is 12.4. The fourth-order valence-electron chi connectivity index (χ4n) is 4.19. The number of carbonyl (C=O) groups excluding carboxylic acids is 1. The summed E-state index contributed by atoms with van der Waals surface area (Å²) in [6, 6.07) is 20.7. The first-order valence-corrected chi connectivity index (χ1v) is 13.7. The van der Waals surface area contributed by atoms with E-state index in [-0.39, 0.29) is 5.91 Å². The number of nitrogens with zero attached hydrogens (tertiary/aromatic N) is 1. The molecule has 5 heteroatoms. The summed E-state index contributed by atoms with van der Waals surface area (Å²) in [5.74, 6) is 0.587. The zero-order valence-electron chi connectivity index (χ0n) is 18.5. The minimum atomic E-state index is -1.26. The second kappa shape index (κ2) is 9.89. The van der Waals surface area contributed by atoms with E-state index < -0.39 is 8.07 Å². The highest BCUT2D eigenvalue weighted by Crippen LogP contribution is 2.29. The molecule has 1 amide bonds. The average molecular weight is 421 g/mol. The number of hydrogen-bond donors (Lipinski definition) is 1. The number of amides is 1. The molecule has 4 nitrogen and oxygen atoms in total. The number of hydrogen-bond acceptors (Lipinski definition) is 3. The molecule has 2 aromatic carbocycles. The molecule has 0 aliphatic rings. The molecule has 0 aliphatic heterocycles. The maximum absolute atomic E-state index is 13.3. The minimum Gasteiger partial charge on any atom is -0.497 e. The zero-order valence-corrected chi connectivity index (χ0v) is 19.5. The van der Waals surface area contributed by atoms with Gasteiger partial charge in [-0.1, -0.05) is 69.2 Å². The topological polar surface area (TPSA) is 51.2 Å². The molecule has 0 aliphatic carbocycles. The molecule has 0 saturated heterocycles. The SMILES string of the molecule is CC[Si](CC)(CC)CCc1ccc(OC)cc1C(=O)Nc1cccc2cccnc12. The number of fused-ring (bicyclic) bond motifs is 1. The van der Waals surface area contributed by atoms with E-state index in [1.54, 1.807) is 13.3 Å². The van der Waals surface area contributed by atoms with Gasteiger partial charge in [0.15, 0.2) is 0 Å². The lowest BCUT2D eigenvalue weighted by molar-refractivity contribution is 0.102. The molecule has 0 radical (unpaired) electrons. The highest BCUT2D eigenvalue weighted by atomic mass is 28.3. The first-order valence-electron chi connectivity index (χ1n) is 10.9. The standard InChI is InChI=1S/C25H32N2O2Si/c1-5-30(6-2,7-3)17-15-19-13-14-21(29-4)18-22(19)25(28)27-23-12-8-10-20-11-9-16-26-24(20)23/h8-14,16,18H,5-7,15,17H2,1-4H3,(H,27,28). The minimum absolute atomic E-state index is 0.112. The second-order valence-electron chi connectivity index (χ2n) is 7.92. The lowest BCUT2D eigenvalue weighted by Crippen LogP contribution is -2.31. The number of para-hydroxylation sites is 1. The van der Waals surface area contributed by atoms with Crippen molar-refractivity contribution in [2.45, 2.75) is 51.4 Å². The number of aryl methyl sites for hydroxylation is 1. The Labute approximate surface area is 180 Å². The number of benzene rings is 2. The molecule has 3 rings (SSSR count). The molecule has 0 spiro atoms. The van der Waals surface area contributed by atoms with Crippen molar-refractivity contribution in [1.82, 2.24) is 4.98 Å². The fourth-order valence-corrected chi connectivity index (χ4v) is 7.55. The normalized spacial score (nSPS) is 11.5. The highest BCUT2D eigenvalue weighted by Gasteiger charge is 2.27. The Morgan fingerprint density at radius 1 is 1.03 bits per heavy atom. The first kappa shape index (κ1) is 22.0. The summed E-state index contributed by atoms with van der Waals surface area (Å²) >= 11 is 0. The van der Waals surface area contributed by atoms with Gasteiger partial charge in [-0.15, -0.1) is 0 Å². The van der Waals surface area contributed by atoms with Crippen LogP contribution in [-0.2, 0) is 6.42 Å². The van der Waals surface area contributed by atoms with E-state index in [1.807, 2.05) is 42.5 Å². The van der Waals surface area contributed by atoms with Gasteiger partial charge >= 0.3 is 0 Å². The number of anilines is 1. The van der Waals surface area contributed by atoms with Gasteiger partial charge < -0.3 is 10.1 Å². The maximum atomic E-state index is 13.3. The van der Waals surface area contributed by atoms with E-state index in [0.717, 1.165) is 28.6 Å². The molecule has 0 unspecified atom stereocenters. The summed E-state index contributed by atoms with van der Waals surface area (Å²) in [5.41, 5.74) is 3.31. The summed E-state index contributed by atoms with van der Waals surface area (Å²) in [6.45, 7) is 6.98. The molecule has 1 heterocycles. The second-order valence-corrected chi connectivity index (χ2v) is 13.5. The van der Waals surface area contributed by atoms with Gasteiger partial charge in [0.05, 0.1) is 26.4 Å². The van der Waals surface area contributed by atoms with E-state index in [1.165, 1.54) is 24.2 Å². The van der Waals surface area contributed by atoms with Crippen molar-refractivity contribution in [2.75, 3.05) is 12.4 Å². The molecule has 3 aromatic rings. The van der Waals surface area contributed by atoms with Crippen molar-refractivity contribution in [1.29, 1.82) is 0 Å². The summed E-state index contributed by atoms with van der Waals surface area (Å²) in [7, 11) is 0.370. The van der Waals surface area contributed by atoms with E-state index in [0.29, 0.717) is 11.3 Å². The van der Waals surface area contributed by atoms with Crippen LogP contribution in [0, 0.1) is 0 Å². The summed E-state index contributed by atoms with van der Waals surface area (Å²) in [4.78, 5) is 17.7. The van der Waals surface area contributed by atoms with E-state index in [4.69, 9.17) is 4.74 Å². The van der Waals surface area contributed by atoms with Crippen LogP contribution in [0.15, 0.2) is 54.7 Å². The van der Waals surface area contributed by atoms with Crippen LogP contribution in [0.2, 0.25) is 24.2 Å². The molecule has 1 aromatic heterocycles. The Morgan fingerprint density at radius 2 is 1.77 bits per heavy atom. The van der Waals surface area contributed by atoms with Gasteiger partial charge in [0.1, 0.15) is 5.75 Å². The quantitative estimate of drug-likeness (QED) is 0.399. The smallest absolute Gasteiger partial charge is 0.256 e. The van der Waals surface area contributed by atoms with E-state index in [9.17, 15) is 4.79 Å². The number of rotatable bonds is 9. The van der Waals surface area contributed by atoms with Crippen LogP contribution >= 0.6 is 0 Å². The summed E-state index contributed by atoms with van der Waals surface area (Å²) in [6.07, 6.45) is 2.68. The van der Waals surface area contributed by atoms with Crippen molar-refractivity contribution < 1.29 is 9.53 Å². The van der Waals surface area contributed by atoms with Crippen LogP contribution in [0.3, 0.4) is 0 Å². The third kappa shape index (κ3) is 4.73. The lowest BCUT2D eigenvalue weighted by atomic mass is 10.0.